The van der Waals surface area contributed by atoms with Gasteiger partial charge in [0.2, 0.25) is 11.8 Å². The van der Waals surface area contributed by atoms with E-state index in [1.54, 1.807) is 42.6 Å². The summed E-state index contributed by atoms with van der Waals surface area (Å²) in [7, 11) is 1.58. The van der Waals surface area contributed by atoms with Gasteiger partial charge in [-0.05, 0) is 12.1 Å². The Labute approximate surface area is 140 Å². The van der Waals surface area contributed by atoms with Gasteiger partial charge < -0.3 is 14.5 Å². The lowest BCUT2D eigenvalue weighted by Crippen LogP contribution is -2.49. The molecule has 0 aromatic carbocycles. The molecule has 0 saturated carbocycles. The molecule has 0 bridgehead atoms. The summed E-state index contributed by atoms with van der Waals surface area (Å²) in [5.74, 6) is 1.13. The van der Waals surface area contributed by atoms with E-state index in [-0.39, 0.29) is 18.3 Å². The van der Waals surface area contributed by atoms with Crippen LogP contribution in [-0.2, 0) is 0 Å². The number of hydrogen-bond donors (Lipinski definition) is 0. The second-order valence-electron chi connectivity index (χ2n) is 4.89. The molecule has 1 amide bonds. The first-order chi connectivity index (χ1) is 10.8. The Bertz CT molecular complexity index is 647. The fourth-order valence-electron chi connectivity index (χ4n) is 2.36. The third kappa shape index (κ3) is 3.87. The lowest BCUT2D eigenvalue weighted by Gasteiger charge is -2.34. The van der Waals surface area contributed by atoms with Crippen molar-refractivity contribution in [2.45, 2.75) is 0 Å². The van der Waals surface area contributed by atoms with Gasteiger partial charge in [0.15, 0.2) is 0 Å². The van der Waals surface area contributed by atoms with E-state index in [1.165, 1.54) is 0 Å². The van der Waals surface area contributed by atoms with E-state index in [9.17, 15) is 4.79 Å². The van der Waals surface area contributed by atoms with Gasteiger partial charge in [-0.3, -0.25) is 9.78 Å². The highest BCUT2D eigenvalue weighted by Gasteiger charge is 2.24. The lowest BCUT2D eigenvalue weighted by atomic mass is 10.2. The summed E-state index contributed by atoms with van der Waals surface area (Å²) in [6, 6.07) is 7.07. The van der Waals surface area contributed by atoms with Crippen molar-refractivity contribution in [3.63, 3.8) is 0 Å². The molecule has 3 heterocycles. The normalized spacial score (nSPS) is 14.1. The highest BCUT2D eigenvalue weighted by molar-refractivity contribution is 5.92. The van der Waals surface area contributed by atoms with Crippen LogP contribution in [0.3, 0.4) is 0 Å². The second kappa shape index (κ2) is 7.73. The standard InChI is InChI=1S/C15H17N5O2.ClH/c1-22-13-5-7-17-15(18-13)20-10-8-19(9-11-20)14(21)12-4-2-3-6-16-12;/h2-7H,8-11H2,1H3;1H. The highest BCUT2D eigenvalue weighted by Crippen LogP contribution is 2.15. The van der Waals surface area contributed by atoms with Crippen LogP contribution in [0.5, 0.6) is 5.88 Å². The molecule has 1 saturated heterocycles. The first-order valence-electron chi connectivity index (χ1n) is 7.10. The molecular weight excluding hydrogens is 318 g/mol. The number of carbonyl (C=O) groups is 1. The number of pyridine rings is 1. The Morgan fingerprint density at radius 3 is 2.52 bits per heavy atom. The number of nitrogens with zero attached hydrogens (tertiary/aromatic N) is 5. The smallest absolute Gasteiger partial charge is 0.272 e. The molecule has 0 atom stereocenters. The molecule has 0 radical (unpaired) electrons. The first kappa shape index (κ1) is 17.0. The summed E-state index contributed by atoms with van der Waals surface area (Å²) < 4.78 is 5.11. The van der Waals surface area contributed by atoms with Gasteiger partial charge in [0.05, 0.1) is 7.11 Å². The molecule has 1 fully saturated rings. The maximum Gasteiger partial charge on any atom is 0.272 e. The van der Waals surface area contributed by atoms with Crippen molar-refractivity contribution in [1.29, 1.82) is 0 Å². The second-order valence-corrected chi connectivity index (χ2v) is 4.89. The van der Waals surface area contributed by atoms with Gasteiger partial charge in [0.1, 0.15) is 5.69 Å². The molecule has 1 aliphatic rings. The predicted octanol–water partition coefficient (Wildman–Crippen LogP) is 1.26. The van der Waals surface area contributed by atoms with Crippen LogP contribution in [0.2, 0.25) is 0 Å². The van der Waals surface area contributed by atoms with E-state index in [1.807, 2.05) is 11.0 Å². The molecule has 2 aromatic heterocycles. The average Bonchev–Trinajstić information content (AvgIpc) is 2.62. The molecule has 8 heteroatoms. The molecule has 23 heavy (non-hydrogen) atoms. The van der Waals surface area contributed by atoms with Crippen molar-refractivity contribution in [3.8, 4) is 5.88 Å². The zero-order valence-electron chi connectivity index (χ0n) is 12.8. The summed E-state index contributed by atoms with van der Waals surface area (Å²) >= 11 is 0. The minimum Gasteiger partial charge on any atom is -0.481 e. The fraction of sp³-hybridized carbons (Fsp3) is 0.333. The molecule has 7 nitrogen and oxygen atoms in total. The Hall–Kier alpha value is -2.41. The quantitative estimate of drug-likeness (QED) is 0.841. The summed E-state index contributed by atoms with van der Waals surface area (Å²) in [6.07, 6.45) is 3.31. The number of aromatic nitrogens is 3. The van der Waals surface area contributed by atoms with Crippen LogP contribution < -0.4 is 9.64 Å². The zero-order chi connectivity index (χ0) is 15.4. The van der Waals surface area contributed by atoms with E-state index in [0.717, 1.165) is 0 Å². The van der Waals surface area contributed by atoms with Crippen molar-refractivity contribution in [2.24, 2.45) is 0 Å². The minimum absolute atomic E-state index is 0. The molecule has 122 valence electrons. The number of rotatable bonds is 3. The fourth-order valence-corrected chi connectivity index (χ4v) is 2.36. The number of carbonyl (C=O) groups excluding carboxylic acids is 1. The molecule has 0 N–H and O–H groups in total. The topological polar surface area (TPSA) is 71.5 Å². The summed E-state index contributed by atoms with van der Waals surface area (Å²) in [6.45, 7) is 2.61. The molecule has 0 unspecified atom stereocenters. The Morgan fingerprint density at radius 1 is 1.09 bits per heavy atom. The zero-order valence-corrected chi connectivity index (χ0v) is 13.6. The van der Waals surface area contributed by atoms with E-state index < -0.39 is 0 Å². The number of anilines is 1. The molecule has 0 aliphatic carbocycles. The van der Waals surface area contributed by atoms with Gasteiger partial charge in [-0.2, -0.15) is 4.98 Å². The van der Waals surface area contributed by atoms with Crippen molar-refractivity contribution in [3.05, 3.63) is 42.4 Å². The Balaban J connectivity index is 0.00000192. The van der Waals surface area contributed by atoms with Crippen LogP contribution in [-0.4, -0.2) is 59.0 Å². The monoisotopic (exact) mass is 335 g/mol. The molecule has 2 aromatic rings. The van der Waals surface area contributed by atoms with Crippen molar-refractivity contribution < 1.29 is 9.53 Å². The van der Waals surface area contributed by atoms with Crippen molar-refractivity contribution >= 4 is 24.3 Å². The van der Waals surface area contributed by atoms with Crippen molar-refractivity contribution in [1.82, 2.24) is 19.9 Å². The molecule has 3 rings (SSSR count). The lowest BCUT2D eigenvalue weighted by molar-refractivity contribution is 0.0740. The van der Waals surface area contributed by atoms with E-state index in [0.29, 0.717) is 43.7 Å². The van der Waals surface area contributed by atoms with E-state index in [4.69, 9.17) is 4.74 Å². The number of amides is 1. The van der Waals surface area contributed by atoms with Gasteiger partial charge in [0.25, 0.3) is 5.91 Å². The van der Waals surface area contributed by atoms with E-state index in [2.05, 4.69) is 15.0 Å². The van der Waals surface area contributed by atoms with E-state index >= 15 is 0 Å². The van der Waals surface area contributed by atoms with Crippen LogP contribution in [0.1, 0.15) is 10.5 Å². The first-order valence-corrected chi connectivity index (χ1v) is 7.10. The van der Waals surface area contributed by atoms with Crippen LogP contribution in [0.15, 0.2) is 36.7 Å². The van der Waals surface area contributed by atoms with Crippen LogP contribution in [0, 0.1) is 0 Å². The molecular formula is C15H18ClN5O2. The maximum atomic E-state index is 12.3. The average molecular weight is 336 g/mol. The van der Waals surface area contributed by atoms with Crippen LogP contribution in [0.4, 0.5) is 5.95 Å². The summed E-state index contributed by atoms with van der Waals surface area (Å²) in [5.41, 5.74) is 0.480. The summed E-state index contributed by atoms with van der Waals surface area (Å²) in [4.78, 5) is 28.9. The SMILES string of the molecule is COc1ccnc(N2CCN(C(=O)c3ccccn3)CC2)n1.Cl. The minimum atomic E-state index is -0.0354. The van der Waals surface area contributed by atoms with Gasteiger partial charge in [-0.15, -0.1) is 12.4 Å². The third-order valence-electron chi connectivity index (χ3n) is 3.56. The highest BCUT2D eigenvalue weighted by atomic mass is 35.5. The van der Waals surface area contributed by atoms with Gasteiger partial charge in [0, 0.05) is 44.6 Å². The van der Waals surface area contributed by atoms with Gasteiger partial charge >= 0.3 is 0 Å². The maximum absolute atomic E-state index is 12.3. The third-order valence-corrected chi connectivity index (χ3v) is 3.56. The van der Waals surface area contributed by atoms with Gasteiger partial charge in [-0.25, -0.2) is 4.98 Å². The van der Waals surface area contributed by atoms with Crippen molar-refractivity contribution in [2.75, 3.05) is 38.2 Å². The number of ether oxygens (including phenoxy) is 1. The predicted molar refractivity (Wildman–Crippen MR) is 88.2 cm³/mol. The van der Waals surface area contributed by atoms with Crippen LogP contribution in [0.25, 0.3) is 0 Å². The largest absolute Gasteiger partial charge is 0.481 e. The number of piperazine rings is 1. The number of halogens is 1. The Kier molecular flexibility index (Phi) is 5.70. The molecule has 0 spiro atoms. The Morgan fingerprint density at radius 2 is 1.87 bits per heavy atom. The van der Waals surface area contributed by atoms with Crippen LogP contribution >= 0.6 is 12.4 Å². The molecule has 1 aliphatic heterocycles. The number of hydrogen-bond acceptors (Lipinski definition) is 6. The number of methoxy groups -OCH3 is 1. The summed E-state index contributed by atoms with van der Waals surface area (Å²) in [5, 5.41) is 0. The van der Waals surface area contributed by atoms with Gasteiger partial charge in [-0.1, -0.05) is 6.07 Å².